The highest BCUT2D eigenvalue weighted by Gasteiger charge is 2.30. The van der Waals surface area contributed by atoms with Crippen molar-refractivity contribution in [3.8, 4) is 5.75 Å². The highest BCUT2D eigenvalue weighted by molar-refractivity contribution is 5.92. The van der Waals surface area contributed by atoms with Crippen molar-refractivity contribution in [2.24, 2.45) is 10.7 Å². The summed E-state index contributed by atoms with van der Waals surface area (Å²) in [6.07, 6.45) is -4.12. The van der Waals surface area contributed by atoms with E-state index in [9.17, 15) is 13.2 Å². The van der Waals surface area contributed by atoms with Crippen molar-refractivity contribution >= 4 is 11.6 Å². The summed E-state index contributed by atoms with van der Waals surface area (Å²) in [5.74, 6) is 0.0447. The number of ether oxygens (including phenoxy) is 1. The minimum atomic E-state index is -4.68. The van der Waals surface area contributed by atoms with Gasteiger partial charge in [-0.2, -0.15) is 0 Å². The van der Waals surface area contributed by atoms with E-state index < -0.39 is 6.36 Å². The Morgan fingerprint density at radius 3 is 2.30 bits per heavy atom. The molecule has 4 nitrogen and oxygen atoms in total. The van der Waals surface area contributed by atoms with E-state index in [-0.39, 0.29) is 11.7 Å². The highest BCUT2D eigenvalue weighted by Crippen LogP contribution is 2.22. The van der Waals surface area contributed by atoms with Crippen LogP contribution >= 0.6 is 0 Å². The number of nitrogens with zero attached hydrogens (tertiary/aromatic N) is 1. The molecule has 7 heteroatoms. The fourth-order valence-electron chi connectivity index (χ4n) is 1.87. The minimum absolute atomic E-state index is 0.241. The molecule has 0 amide bonds. The molecular formula is C16H16F3N3O. The van der Waals surface area contributed by atoms with Gasteiger partial charge in [0.2, 0.25) is 0 Å². The Labute approximate surface area is 131 Å². The second-order valence-electron chi connectivity index (χ2n) is 4.70. The summed E-state index contributed by atoms with van der Waals surface area (Å²) in [4.78, 5) is 4.17. The molecule has 0 aliphatic heterocycles. The summed E-state index contributed by atoms with van der Waals surface area (Å²) in [6.45, 7) is 0.422. The van der Waals surface area contributed by atoms with Gasteiger partial charge in [0.05, 0.1) is 0 Å². The lowest BCUT2D eigenvalue weighted by Crippen LogP contribution is -2.23. The van der Waals surface area contributed by atoms with Crippen LogP contribution in [0.25, 0.3) is 0 Å². The van der Waals surface area contributed by atoms with E-state index in [1.807, 2.05) is 30.3 Å². The van der Waals surface area contributed by atoms with E-state index in [1.54, 1.807) is 12.1 Å². The largest absolute Gasteiger partial charge is 0.573 e. The predicted molar refractivity (Wildman–Crippen MR) is 83.4 cm³/mol. The number of guanidine groups is 1. The van der Waals surface area contributed by atoms with Gasteiger partial charge in [-0.3, -0.25) is 4.99 Å². The van der Waals surface area contributed by atoms with Gasteiger partial charge in [-0.1, -0.05) is 30.3 Å². The number of aliphatic imine (C=N–C) groups is 1. The smallest absolute Gasteiger partial charge is 0.406 e. The number of alkyl halides is 3. The molecule has 0 aliphatic carbocycles. The molecule has 0 fully saturated rings. The third-order valence-corrected chi connectivity index (χ3v) is 2.89. The number of nitrogens with one attached hydrogen (secondary N) is 1. The first kappa shape index (κ1) is 16.7. The Kier molecular flexibility index (Phi) is 5.46. The molecule has 0 aromatic heterocycles. The lowest BCUT2D eigenvalue weighted by molar-refractivity contribution is -0.274. The number of halogens is 3. The molecule has 122 valence electrons. The first-order valence-corrected chi connectivity index (χ1v) is 6.89. The Bertz CT molecular complexity index is 640. The van der Waals surface area contributed by atoms with Gasteiger partial charge in [-0.25, -0.2) is 0 Å². The predicted octanol–water partition coefficient (Wildman–Crippen LogP) is 3.55. The summed E-state index contributed by atoms with van der Waals surface area (Å²) in [7, 11) is 0. The maximum atomic E-state index is 12.1. The van der Waals surface area contributed by atoms with Crippen LogP contribution in [0.2, 0.25) is 0 Å². The molecule has 2 aromatic carbocycles. The van der Waals surface area contributed by atoms with Gasteiger partial charge in [0.25, 0.3) is 0 Å². The Hall–Kier alpha value is -2.70. The van der Waals surface area contributed by atoms with Gasteiger partial charge in [0, 0.05) is 12.2 Å². The second-order valence-corrected chi connectivity index (χ2v) is 4.70. The molecule has 23 heavy (non-hydrogen) atoms. The average Bonchev–Trinajstić information content (AvgIpc) is 2.48. The summed E-state index contributed by atoms with van der Waals surface area (Å²) < 4.78 is 40.0. The highest BCUT2D eigenvalue weighted by atomic mass is 19.4. The molecule has 0 spiro atoms. The monoisotopic (exact) mass is 323 g/mol. The summed E-state index contributed by atoms with van der Waals surface area (Å²) in [6, 6.07) is 15.1. The fraction of sp³-hybridized carbons (Fsp3) is 0.188. The third kappa shape index (κ3) is 6.29. The number of rotatable bonds is 5. The Morgan fingerprint density at radius 2 is 1.70 bits per heavy atom. The van der Waals surface area contributed by atoms with E-state index in [1.165, 1.54) is 12.1 Å². The van der Waals surface area contributed by atoms with Crippen molar-refractivity contribution in [1.82, 2.24) is 0 Å². The molecule has 2 aromatic rings. The van der Waals surface area contributed by atoms with Gasteiger partial charge >= 0.3 is 6.36 Å². The van der Waals surface area contributed by atoms with Crippen molar-refractivity contribution in [2.75, 3.05) is 11.9 Å². The van der Waals surface area contributed by atoms with Crippen LogP contribution in [0.3, 0.4) is 0 Å². The van der Waals surface area contributed by atoms with E-state index in [0.29, 0.717) is 13.0 Å². The molecule has 3 N–H and O–H groups in total. The molecule has 0 saturated carbocycles. The van der Waals surface area contributed by atoms with Crippen LogP contribution in [0.4, 0.5) is 18.9 Å². The molecule has 0 unspecified atom stereocenters. The quantitative estimate of drug-likeness (QED) is 0.653. The summed E-state index contributed by atoms with van der Waals surface area (Å²) >= 11 is 0. The van der Waals surface area contributed by atoms with Crippen molar-refractivity contribution in [3.05, 3.63) is 60.2 Å². The van der Waals surface area contributed by atoms with Crippen LogP contribution in [-0.4, -0.2) is 18.9 Å². The summed E-state index contributed by atoms with van der Waals surface area (Å²) in [5, 5.41) is 2.95. The topological polar surface area (TPSA) is 59.6 Å². The SMILES string of the molecule is NC(=NCCc1ccc(OC(F)(F)F)cc1)Nc1ccccc1. The minimum Gasteiger partial charge on any atom is -0.406 e. The van der Waals surface area contributed by atoms with Crippen LogP contribution in [0.15, 0.2) is 59.6 Å². The van der Waals surface area contributed by atoms with Crippen LogP contribution < -0.4 is 15.8 Å². The Morgan fingerprint density at radius 1 is 1.04 bits per heavy atom. The number of nitrogens with two attached hydrogens (primary N) is 1. The van der Waals surface area contributed by atoms with Gasteiger partial charge < -0.3 is 15.8 Å². The fourth-order valence-corrected chi connectivity index (χ4v) is 1.87. The molecular weight excluding hydrogens is 307 g/mol. The van der Waals surface area contributed by atoms with Crippen molar-refractivity contribution in [2.45, 2.75) is 12.8 Å². The zero-order valence-corrected chi connectivity index (χ0v) is 12.2. The first-order chi connectivity index (χ1) is 10.9. The Balaban J connectivity index is 1.82. The molecule has 0 saturated heterocycles. The lowest BCUT2D eigenvalue weighted by atomic mass is 10.1. The van der Waals surface area contributed by atoms with E-state index >= 15 is 0 Å². The second kappa shape index (κ2) is 7.53. The molecule has 0 bridgehead atoms. The third-order valence-electron chi connectivity index (χ3n) is 2.89. The molecule has 0 radical (unpaired) electrons. The zero-order valence-electron chi connectivity index (χ0n) is 12.2. The first-order valence-electron chi connectivity index (χ1n) is 6.89. The van der Waals surface area contributed by atoms with Crippen LogP contribution in [-0.2, 0) is 6.42 Å². The number of benzene rings is 2. The van der Waals surface area contributed by atoms with Crippen molar-refractivity contribution < 1.29 is 17.9 Å². The van der Waals surface area contributed by atoms with Gasteiger partial charge in [0.15, 0.2) is 5.96 Å². The molecule has 2 rings (SSSR count). The van der Waals surface area contributed by atoms with E-state index in [4.69, 9.17) is 5.73 Å². The van der Waals surface area contributed by atoms with Crippen molar-refractivity contribution in [3.63, 3.8) is 0 Å². The zero-order chi connectivity index (χ0) is 16.7. The lowest BCUT2D eigenvalue weighted by Gasteiger charge is -2.09. The van der Waals surface area contributed by atoms with Crippen LogP contribution in [0, 0.1) is 0 Å². The summed E-state index contributed by atoms with van der Waals surface area (Å²) in [5.41, 5.74) is 7.44. The maximum Gasteiger partial charge on any atom is 0.573 e. The van der Waals surface area contributed by atoms with Gasteiger partial charge in [-0.15, -0.1) is 13.2 Å². The van der Waals surface area contributed by atoms with Crippen molar-refractivity contribution in [1.29, 1.82) is 0 Å². The maximum absolute atomic E-state index is 12.1. The number of hydrogen-bond acceptors (Lipinski definition) is 2. The molecule has 0 aliphatic rings. The number of para-hydroxylation sites is 1. The molecule has 0 heterocycles. The standard InChI is InChI=1S/C16H16F3N3O/c17-16(18,19)23-14-8-6-12(7-9-14)10-11-21-15(20)22-13-4-2-1-3-5-13/h1-9H,10-11H2,(H3,20,21,22). The van der Waals surface area contributed by atoms with Gasteiger partial charge in [0.1, 0.15) is 5.75 Å². The van der Waals surface area contributed by atoms with E-state index in [2.05, 4.69) is 15.0 Å². The average molecular weight is 323 g/mol. The molecule has 0 atom stereocenters. The van der Waals surface area contributed by atoms with Crippen LogP contribution in [0.1, 0.15) is 5.56 Å². The normalized spacial score (nSPS) is 12.0. The van der Waals surface area contributed by atoms with Gasteiger partial charge in [-0.05, 0) is 36.2 Å². The van der Waals surface area contributed by atoms with E-state index in [0.717, 1.165) is 11.3 Å². The number of hydrogen-bond donors (Lipinski definition) is 2. The van der Waals surface area contributed by atoms with Crippen LogP contribution in [0.5, 0.6) is 5.75 Å². The number of anilines is 1.